The highest BCUT2D eigenvalue weighted by atomic mass is 127. The first-order valence-corrected chi connectivity index (χ1v) is 30.0. The molecule has 0 unspecified atom stereocenters. The number of hydrogen-bond donors (Lipinski definition) is 4. The predicted molar refractivity (Wildman–Crippen MR) is 338 cm³/mol. The van der Waals surface area contributed by atoms with Gasteiger partial charge in [-0.2, -0.15) is 0 Å². The molecule has 25 heteroatoms. The van der Waals surface area contributed by atoms with E-state index < -0.39 is 0 Å². The van der Waals surface area contributed by atoms with Crippen LogP contribution in [0.4, 0.5) is 0 Å². The Morgan fingerprint density at radius 2 is 0.961 bits per heavy atom. The van der Waals surface area contributed by atoms with Gasteiger partial charge in [0, 0.05) is 131 Å². The van der Waals surface area contributed by atoms with Gasteiger partial charge in [0.2, 0.25) is 23.6 Å². The topological polar surface area (TPSA) is 266 Å². The molecule has 4 N–H and O–H groups in total. The summed E-state index contributed by atoms with van der Waals surface area (Å²) in [7, 11) is 6.64. The number of nitrogens with zero attached hydrogens (tertiary/aromatic N) is 7. The number of pyridine rings is 2. The van der Waals surface area contributed by atoms with Crippen molar-refractivity contribution in [2.45, 2.75) is 98.6 Å². The van der Waals surface area contributed by atoms with Crippen molar-refractivity contribution in [3.05, 3.63) is 83.5 Å². The number of terminal acetylenes is 3. The summed E-state index contributed by atoms with van der Waals surface area (Å²) in [6.07, 6.45) is 27.5. The molecule has 19 nitrogen and oxygen atoms in total. The van der Waals surface area contributed by atoms with Crippen LogP contribution >= 0.6 is 88.4 Å². The SMILES string of the molecule is C.C.C.C.C#CCCNC(=O)CCN1C(=O)C=CC1=O.C#CCCNC(=O)CI.C#CCCSSc1ccccn1.CCCNC(=O)CCN1C(=O)C=CC1=O.CCCNC(=O)CI.[N-]=[N+]=NCCSSc1ccccn1. The Hall–Kier alpha value is -5.21. The molecular formula is C52H77I2N11O8S4. The Balaban J connectivity index is -0.000000197. The van der Waals surface area contributed by atoms with Crippen LogP contribution in [0.15, 0.2) is 88.3 Å². The number of azide groups is 1. The second kappa shape index (κ2) is 60.0. The minimum Gasteiger partial charge on any atom is -0.356 e. The van der Waals surface area contributed by atoms with Crippen LogP contribution in [-0.2, 0) is 38.4 Å². The fourth-order valence-electron chi connectivity index (χ4n) is 4.30. The Labute approximate surface area is 501 Å². The van der Waals surface area contributed by atoms with E-state index in [0.717, 1.165) is 57.2 Å². The van der Waals surface area contributed by atoms with Crippen molar-refractivity contribution < 1.29 is 38.4 Å². The summed E-state index contributed by atoms with van der Waals surface area (Å²) in [6.45, 7) is 7.22. The molecule has 2 aliphatic rings. The van der Waals surface area contributed by atoms with Crippen molar-refractivity contribution >= 4 is 136 Å². The maximum Gasteiger partial charge on any atom is 0.253 e. The molecule has 0 bridgehead atoms. The molecule has 77 heavy (non-hydrogen) atoms. The third-order valence-corrected chi connectivity index (χ3v) is 13.6. The number of alkyl halides is 2. The van der Waals surface area contributed by atoms with Crippen molar-refractivity contribution in [3.63, 3.8) is 0 Å². The summed E-state index contributed by atoms with van der Waals surface area (Å²) in [4.78, 5) is 101. The van der Waals surface area contributed by atoms with Crippen LogP contribution in [0.25, 0.3) is 10.4 Å². The van der Waals surface area contributed by atoms with E-state index in [9.17, 15) is 38.4 Å². The third-order valence-electron chi connectivity index (χ3n) is 7.73. The zero-order valence-electron chi connectivity index (χ0n) is 40.7. The largest absolute Gasteiger partial charge is 0.356 e. The van der Waals surface area contributed by atoms with Crippen LogP contribution in [0.5, 0.6) is 0 Å². The van der Waals surface area contributed by atoms with E-state index >= 15 is 0 Å². The highest BCUT2D eigenvalue weighted by Gasteiger charge is 2.24. The van der Waals surface area contributed by atoms with Gasteiger partial charge in [0.15, 0.2) is 0 Å². The zero-order chi connectivity index (χ0) is 54.7. The molecule has 426 valence electrons. The van der Waals surface area contributed by atoms with E-state index in [1.54, 1.807) is 55.6 Å². The molecule has 0 aromatic carbocycles. The maximum absolute atomic E-state index is 11.2. The van der Waals surface area contributed by atoms with Gasteiger partial charge in [-0.05, 0) is 64.2 Å². The summed E-state index contributed by atoms with van der Waals surface area (Å²) >= 11 is 4.04. The molecular weight excluding hydrogens is 1290 g/mol. The summed E-state index contributed by atoms with van der Waals surface area (Å²) in [5.74, 6) is 7.60. The molecule has 2 aliphatic heterocycles. The Morgan fingerprint density at radius 3 is 1.30 bits per heavy atom. The zero-order valence-corrected chi connectivity index (χ0v) is 48.3. The monoisotopic (exact) mass is 1370 g/mol. The summed E-state index contributed by atoms with van der Waals surface area (Å²) < 4.78 is 1.07. The standard InChI is InChI=1S/C11H12N2O3.C10H14N2O3.C9H9NS2.C7H8N4S2.C6H8INO.C5H10INO.4CH4/c1-2-3-7-12-9(14)6-8-13-10(15)4-5-11(13)16;1-2-6-11-8(13)5-7-12-9(14)3-4-10(12)15;1-2-3-8-11-12-9-6-4-5-7-10-9;8-11-10-5-6-12-13-7-3-1-2-4-9-7;1-2-3-4-8-6(9)5-7;1-2-3-7-5(8)4-6;;;;/h1,4-5H,3,6-8H2,(H,12,14);3-4H,2,5-7H2,1H3,(H,11,13);1,4-7H,3,8H2;1-4H,5-6H2;1H,3-5H2,(H,8,9);2-4H2,1H3,(H,7,8);4*1H4. The van der Waals surface area contributed by atoms with Crippen LogP contribution in [0.3, 0.4) is 0 Å². The van der Waals surface area contributed by atoms with E-state index in [-0.39, 0.29) is 103 Å². The molecule has 2 aromatic rings. The van der Waals surface area contributed by atoms with Gasteiger partial charge in [-0.25, -0.2) is 9.97 Å². The molecule has 0 saturated heterocycles. The summed E-state index contributed by atoms with van der Waals surface area (Å²) in [6, 6.07) is 11.7. The number of aromatic nitrogens is 2. The number of amides is 8. The summed E-state index contributed by atoms with van der Waals surface area (Å²) in [5, 5.41) is 16.1. The Bertz CT molecular complexity index is 2170. The molecule has 4 heterocycles. The van der Waals surface area contributed by atoms with Gasteiger partial charge < -0.3 is 21.3 Å². The van der Waals surface area contributed by atoms with Crippen molar-refractivity contribution in [1.82, 2.24) is 41.0 Å². The minimum absolute atomic E-state index is 0. The van der Waals surface area contributed by atoms with E-state index in [0.29, 0.717) is 47.9 Å². The molecule has 0 fully saturated rings. The second-order valence-corrected chi connectivity index (χ2v) is 19.9. The first-order valence-electron chi connectivity index (χ1n) is 22.3. The first kappa shape index (κ1) is 83.1. The number of halogens is 2. The lowest BCUT2D eigenvalue weighted by molar-refractivity contribution is -0.139. The van der Waals surface area contributed by atoms with Gasteiger partial charge in [0.05, 0.1) is 8.86 Å². The Kier molecular flexibility index (Phi) is 64.8. The highest BCUT2D eigenvalue weighted by Crippen LogP contribution is 2.29. The lowest BCUT2D eigenvalue weighted by atomic mass is 10.3. The molecule has 0 spiro atoms. The minimum atomic E-state index is -0.374. The van der Waals surface area contributed by atoms with Crippen molar-refractivity contribution in [2.75, 3.05) is 66.2 Å². The Morgan fingerprint density at radius 1 is 0.597 bits per heavy atom. The molecule has 2 aromatic heterocycles. The van der Waals surface area contributed by atoms with Crippen molar-refractivity contribution in [3.8, 4) is 37.0 Å². The lowest BCUT2D eigenvalue weighted by Crippen LogP contribution is -2.34. The average Bonchev–Trinajstić information content (AvgIpc) is 3.91. The van der Waals surface area contributed by atoms with E-state index in [1.165, 1.54) is 24.3 Å². The van der Waals surface area contributed by atoms with Gasteiger partial charge in [0.1, 0.15) is 10.1 Å². The average molecular weight is 1370 g/mol. The van der Waals surface area contributed by atoms with Crippen molar-refractivity contribution in [2.24, 2.45) is 5.11 Å². The number of carbonyl (C=O) groups excluding carboxylic acids is 8. The molecule has 0 aliphatic carbocycles. The van der Waals surface area contributed by atoms with Gasteiger partial charge in [0.25, 0.3) is 23.6 Å². The molecule has 4 rings (SSSR count). The van der Waals surface area contributed by atoms with Crippen molar-refractivity contribution in [1.29, 1.82) is 0 Å². The van der Waals surface area contributed by atoms with E-state index in [1.807, 2.05) is 95.4 Å². The second-order valence-electron chi connectivity index (χ2n) is 13.5. The third kappa shape index (κ3) is 50.1. The number of nitrogens with one attached hydrogen (secondary N) is 4. The van der Waals surface area contributed by atoms with Gasteiger partial charge in [-0.15, -0.1) is 37.0 Å². The van der Waals surface area contributed by atoms with Crippen LogP contribution in [0, 0.1) is 37.0 Å². The number of imide groups is 2. The fraction of sp³-hybridized carbons (Fsp3) is 0.462. The fourth-order valence-corrected chi connectivity index (χ4v) is 8.37. The normalized spacial score (nSPS) is 10.7. The molecule has 8 amide bonds. The van der Waals surface area contributed by atoms with E-state index in [2.05, 4.69) is 59.0 Å². The molecule has 0 saturated carbocycles. The molecule has 0 atom stereocenters. The first-order chi connectivity index (χ1) is 35.3. The van der Waals surface area contributed by atoms with Crippen LogP contribution < -0.4 is 21.3 Å². The predicted octanol–water partition coefficient (Wildman–Crippen LogP) is 9.30. The smallest absolute Gasteiger partial charge is 0.253 e. The van der Waals surface area contributed by atoms with Crippen LogP contribution in [-0.4, -0.2) is 133 Å². The quantitative estimate of drug-likeness (QED) is 0.00831. The van der Waals surface area contributed by atoms with Gasteiger partial charge >= 0.3 is 0 Å². The highest BCUT2D eigenvalue weighted by molar-refractivity contribution is 14.1. The van der Waals surface area contributed by atoms with Gasteiger partial charge in [-0.3, -0.25) is 48.2 Å². The van der Waals surface area contributed by atoms with E-state index in [4.69, 9.17) is 24.8 Å². The number of hydrogen-bond acceptors (Lipinski definition) is 15. The van der Waals surface area contributed by atoms with Crippen LogP contribution in [0.1, 0.15) is 88.5 Å². The number of rotatable bonds is 25. The molecule has 0 radical (unpaired) electrons. The van der Waals surface area contributed by atoms with Gasteiger partial charge in [-0.1, -0.05) is 128 Å². The lowest BCUT2D eigenvalue weighted by Gasteiger charge is -2.12. The number of carbonyl (C=O) groups is 8. The van der Waals surface area contributed by atoms with Crippen LogP contribution in [0.2, 0.25) is 0 Å². The summed E-state index contributed by atoms with van der Waals surface area (Å²) in [5.41, 5.74) is 8.01. The maximum atomic E-state index is 11.2.